The van der Waals surface area contributed by atoms with Gasteiger partial charge in [0.05, 0.1) is 23.2 Å². The molecule has 3 aliphatic rings. The molecule has 0 spiro atoms. The van der Waals surface area contributed by atoms with Crippen LogP contribution in [0.15, 0.2) is 36.4 Å². The van der Waals surface area contributed by atoms with Gasteiger partial charge in [-0.2, -0.15) is 0 Å². The van der Waals surface area contributed by atoms with Gasteiger partial charge >= 0.3 is 6.09 Å². The van der Waals surface area contributed by atoms with Crippen molar-refractivity contribution in [3.63, 3.8) is 0 Å². The van der Waals surface area contributed by atoms with Gasteiger partial charge in [0.15, 0.2) is 0 Å². The molecule has 1 aliphatic heterocycles. The number of carboxylic acid groups (broad SMARTS) is 1. The van der Waals surface area contributed by atoms with Crippen molar-refractivity contribution in [1.82, 2.24) is 14.5 Å². The number of imidazole rings is 1. The van der Waals surface area contributed by atoms with E-state index in [4.69, 9.17) is 10.1 Å². The number of benzene rings is 2. The van der Waals surface area contributed by atoms with Crippen LogP contribution in [0.25, 0.3) is 11.0 Å². The number of aliphatic hydroxyl groups excluding tert-OH is 1. The fraction of sp³-hybridized carbons (Fsp3) is 0.533. The largest absolute Gasteiger partial charge is 0.465 e. The Morgan fingerprint density at radius 3 is 2.54 bits per heavy atom. The first-order valence-corrected chi connectivity index (χ1v) is 13.8. The Bertz CT molecular complexity index is 1260. The minimum absolute atomic E-state index is 0.0341. The van der Waals surface area contributed by atoms with Crippen molar-refractivity contribution >= 4 is 22.8 Å². The summed E-state index contributed by atoms with van der Waals surface area (Å²) in [5, 5.41) is 22.7. The van der Waals surface area contributed by atoms with Crippen molar-refractivity contribution in [2.75, 3.05) is 25.0 Å². The maximum atomic E-state index is 11.2. The Morgan fingerprint density at radius 2 is 1.86 bits per heavy atom. The molecule has 37 heavy (non-hydrogen) atoms. The Morgan fingerprint density at radius 1 is 1.11 bits per heavy atom. The number of carbonyl (C=O) groups is 1. The molecule has 0 bridgehead atoms. The molecule has 2 fully saturated rings. The maximum absolute atomic E-state index is 11.2. The van der Waals surface area contributed by atoms with Crippen molar-refractivity contribution in [2.45, 2.75) is 77.4 Å². The van der Waals surface area contributed by atoms with Gasteiger partial charge in [0, 0.05) is 31.2 Å². The van der Waals surface area contributed by atoms with E-state index < -0.39 is 12.2 Å². The number of aromatic nitrogens is 2. The number of amides is 1. The van der Waals surface area contributed by atoms with Gasteiger partial charge in [-0.1, -0.05) is 45.2 Å². The third-order valence-electron chi connectivity index (χ3n) is 7.70. The minimum Gasteiger partial charge on any atom is -0.465 e. The van der Waals surface area contributed by atoms with E-state index in [-0.39, 0.29) is 12.0 Å². The molecular formula is C30H40N4O3. The highest BCUT2D eigenvalue weighted by Gasteiger charge is 2.34. The van der Waals surface area contributed by atoms with Crippen LogP contribution < -0.4 is 5.32 Å². The first kappa shape index (κ1) is 25.7. The van der Waals surface area contributed by atoms with Gasteiger partial charge in [0.25, 0.3) is 0 Å². The monoisotopic (exact) mass is 504 g/mol. The number of hydrogen-bond donors (Lipinski definition) is 3. The Balaban J connectivity index is 0.000000872. The van der Waals surface area contributed by atoms with Crippen LogP contribution in [0.5, 0.6) is 0 Å². The zero-order valence-electron chi connectivity index (χ0n) is 22.3. The molecule has 1 aromatic heterocycles. The lowest BCUT2D eigenvalue weighted by Crippen LogP contribution is -2.46. The van der Waals surface area contributed by atoms with Gasteiger partial charge in [-0.15, -0.1) is 0 Å². The van der Waals surface area contributed by atoms with Crippen molar-refractivity contribution in [1.29, 1.82) is 0 Å². The number of fused-ring (bicyclic) bond motifs is 2. The van der Waals surface area contributed by atoms with E-state index in [1.165, 1.54) is 36.0 Å². The molecule has 0 unspecified atom stereocenters. The minimum atomic E-state index is -1.03. The van der Waals surface area contributed by atoms with Crippen LogP contribution in [-0.2, 0) is 12.8 Å². The fourth-order valence-corrected chi connectivity index (χ4v) is 5.84. The summed E-state index contributed by atoms with van der Waals surface area (Å²) in [5.74, 6) is 1.83. The van der Waals surface area contributed by atoms with Gasteiger partial charge in [-0.3, -0.25) is 5.32 Å². The third kappa shape index (κ3) is 5.99. The third-order valence-corrected chi connectivity index (χ3v) is 7.70. The summed E-state index contributed by atoms with van der Waals surface area (Å²) in [6.07, 6.45) is 5.87. The standard InChI is InChI=1S/C27H34N4O3.C3H6/c1-16(2)26-29-22-10-17(3)4-7-23(22)31(26)24-8-9-30(15-25(24)32)14-18-11-19-5-6-21(28-27(33)34)13-20(19)12-18;1-2-3-1/h4-7,10,13,16,18,24-25,28,32H,8-9,11-12,14-15H2,1-3H3,(H,33,34);1-3H2/t18-,24-,25-;/m1./s1. The van der Waals surface area contributed by atoms with E-state index in [2.05, 4.69) is 53.8 Å². The number of nitrogens with one attached hydrogen (secondary N) is 1. The highest BCUT2D eigenvalue weighted by Crippen LogP contribution is 2.34. The lowest BCUT2D eigenvalue weighted by atomic mass is 9.98. The van der Waals surface area contributed by atoms with Gasteiger partial charge in [0.1, 0.15) is 5.82 Å². The zero-order chi connectivity index (χ0) is 26.1. The van der Waals surface area contributed by atoms with Crippen LogP contribution in [-0.4, -0.2) is 56.5 Å². The van der Waals surface area contributed by atoms with E-state index in [0.717, 1.165) is 49.2 Å². The molecule has 1 saturated carbocycles. The second kappa shape index (κ2) is 10.8. The van der Waals surface area contributed by atoms with Crippen LogP contribution in [0, 0.1) is 12.8 Å². The average molecular weight is 505 g/mol. The molecule has 3 N–H and O–H groups in total. The quantitative estimate of drug-likeness (QED) is 0.412. The SMILES string of the molecule is C1CC1.Cc1ccc2c(c1)nc(C(C)C)n2[C@@H]1CCN(C[C@@H]2Cc3ccc(NC(=O)O)cc3C2)C[C@H]1O. The maximum Gasteiger partial charge on any atom is 0.409 e. The van der Waals surface area contributed by atoms with Crippen LogP contribution in [0.1, 0.15) is 74.0 Å². The normalized spacial score (nSPS) is 23.0. The first-order chi connectivity index (χ1) is 17.8. The number of anilines is 1. The number of rotatable bonds is 5. The molecule has 6 rings (SSSR count). The topological polar surface area (TPSA) is 90.6 Å². The number of piperidine rings is 1. The van der Waals surface area contributed by atoms with Crippen molar-refractivity contribution in [3.8, 4) is 0 Å². The highest BCUT2D eigenvalue weighted by atomic mass is 16.4. The van der Waals surface area contributed by atoms with E-state index in [0.29, 0.717) is 18.2 Å². The number of aryl methyl sites for hydroxylation is 1. The van der Waals surface area contributed by atoms with Gasteiger partial charge in [-0.25, -0.2) is 9.78 Å². The first-order valence-electron chi connectivity index (χ1n) is 13.8. The number of hydrogen-bond acceptors (Lipinski definition) is 4. The van der Waals surface area contributed by atoms with E-state index in [1.807, 2.05) is 18.2 Å². The molecule has 198 valence electrons. The predicted molar refractivity (Wildman–Crippen MR) is 147 cm³/mol. The van der Waals surface area contributed by atoms with E-state index >= 15 is 0 Å². The zero-order valence-corrected chi connectivity index (χ0v) is 22.3. The van der Waals surface area contributed by atoms with E-state index in [1.54, 1.807) is 0 Å². The predicted octanol–water partition coefficient (Wildman–Crippen LogP) is 5.75. The van der Waals surface area contributed by atoms with Crippen LogP contribution in [0.4, 0.5) is 10.5 Å². The van der Waals surface area contributed by atoms with Crippen molar-refractivity contribution in [2.24, 2.45) is 5.92 Å². The molecule has 3 aromatic rings. The number of likely N-dealkylation sites (tertiary alicyclic amines) is 1. The summed E-state index contributed by atoms with van der Waals surface area (Å²) in [6.45, 7) is 8.98. The summed E-state index contributed by atoms with van der Waals surface area (Å²) in [6, 6.07) is 12.3. The second-order valence-electron chi connectivity index (χ2n) is 11.4. The summed E-state index contributed by atoms with van der Waals surface area (Å²) in [7, 11) is 0. The summed E-state index contributed by atoms with van der Waals surface area (Å²) in [5.41, 5.74) is 6.49. The van der Waals surface area contributed by atoms with Crippen LogP contribution in [0.2, 0.25) is 0 Å². The van der Waals surface area contributed by atoms with Gasteiger partial charge in [0.2, 0.25) is 0 Å². The number of aliphatic hydroxyl groups is 1. The van der Waals surface area contributed by atoms with Gasteiger partial charge in [-0.05, 0) is 73.1 Å². The van der Waals surface area contributed by atoms with Gasteiger partial charge < -0.3 is 19.7 Å². The summed E-state index contributed by atoms with van der Waals surface area (Å²) < 4.78 is 2.30. The second-order valence-corrected chi connectivity index (χ2v) is 11.4. The summed E-state index contributed by atoms with van der Waals surface area (Å²) in [4.78, 5) is 18.3. The average Bonchev–Trinajstić information content (AvgIpc) is 3.60. The highest BCUT2D eigenvalue weighted by molar-refractivity contribution is 5.83. The van der Waals surface area contributed by atoms with Crippen molar-refractivity contribution in [3.05, 3.63) is 58.9 Å². The molecule has 1 amide bonds. The molecule has 3 atom stereocenters. The molecule has 7 nitrogen and oxygen atoms in total. The molecule has 2 heterocycles. The van der Waals surface area contributed by atoms with Crippen LogP contribution >= 0.6 is 0 Å². The Kier molecular flexibility index (Phi) is 7.54. The lowest BCUT2D eigenvalue weighted by Gasteiger charge is -2.38. The lowest BCUT2D eigenvalue weighted by molar-refractivity contribution is 0.0218. The fourth-order valence-electron chi connectivity index (χ4n) is 5.84. The van der Waals surface area contributed by atoms with Crippen LogP contribution in [0.3, 0.4) is 0 Å². The van der Waals surface area contributed by atoms with Crippen molar-refractivity contribution < 1.29 is 15.0 Å². The molecule has 2 aliphatic carbocycles. The molecule has 7 heteroatoms. The molecule has 0 radical (unpaired) electrons. The Labute approximate surface area is 219 Å². The smallest absolute Gasteiger partial charge is 0.409 e. The number of nitrogens with zero attached hydrogens (tertiary/aromatic N) is 3. The summed E-state index contributed by atoms with van der Waals surface area (Å²) >= 11 is 0. The molecule has 2 aromatic carbocycles. The Hall–Kier alpha value is -2.90. The molecular weight excluding hydrogens is 464 g/mol. The van der Waals surface area contributed by atoms with E-state index in [9.17, 15) is 9.90 Å². The molecule has 1 saturated heterocycles. The number of β-amino-alcohol motifs (C(OH)–C–C–N with tert-alkyl or cyclic N) is 1.